The van der Waals surface area contributed by atoms with E-state index in [9.17, 15) is 0 Å². The summed E-state index contributed by atoms with van der Waals surface area (Å²) in [6.07, 6.45) is 0.928. The maximum Gasteiger partial charge on any atom is 0.122 e. The predicted molar refractivity (Wildman–Crippen MR) is 43.6 cm³/mol. The maximum atomic E-state index is 5.87. The molecule has 0 N–H and O–H groups in total. The molecule has 0 spiro atoms. The standard InChI is InChI=1S/C10H10O/c1-8-6-7-11-10-5-3-2-4-9(8)10/h1-5,8H,6-7H2. The second-order valence-electron chi connectivity index (χ2n) is 2.78. The van der Waals surface area contributed by atoms with Crippen molar-refractivity contribution in [1.29, 1.82) is 0 Å². The zero-order valence-corrected chi connectivity index (χ0v) is 6.29. The molecule has 0 fully saturated rings. The number of hydrogen-bond acceptors (Lipinski definition) is 1. The van der Waals surface area contributed by atoms with Crippen molar-refractivity contribution in [3.63, 3.8) is 0 Å². The number of para-hydroxylation sites is 1. The van der Waals surface area contributed by atoms with Crippen molar-refractivity contribution >= 4 is 0 Å². The Kier molecular flexibility index (Phi) is 1.57. The second-order valence-corrected chi connectivity index (χ2v) is 2.78. The van der Waals surface area contributed by atoms with Gasteiger partial charge in [0.1, 0.15) is 5.75 Å². The molecule has 0 saturated carbocycles. The molecule has 0 aliphatic carbocycles. The van der Waals surface area contributed by atoms with Gasteiger partial charge in [-0.1, -0.05) is 18.2 Å². The summed E-state index contributed by atoms with van der Waals surface area (Å²) in [4.78, 5) is 0. The van der Waals surface area contributed by atoms with E-state index >= 15 is 0 Å². The van der Waals surface area contributed by atoms with Gasteiger partial charge < -0.3 is 4.74 Å². The van der Waals surface area contributed by atoms with Crippen LogP contribution >= 0.6 is 0 Å². The van der Waals surface area contributed by atoms with Crippen LogP contribution in [0.2, 0.25) is 0 Å². The molecule has 1 heterocycles. The molecular weight excluding hydrogens is 136 g/mol. The third-order valence-corrected chi connectivity index (χ3v) is 2.00. The topological polar surface area (TPSA) is 9.23 Å². The molecule has 1 aliphatic heterocycles. The highest BCUT2D eigenvalue weighted by Crippen LogP contribution is 2.31. The Morgan fingerprint density at radius 3 is 3.00 bits per heavy atom. The van der Waals surface area contributed by atoms with Crippen LogP contribution in [0.5, 0.6) is 5.75 Å². The van der Waals surface area contributed by atoms with Crippen LogP contribution in [-0.2, 0) is 0 Å². The summed E-state index contributed by atoms with van der Waals surface area (Å²) in [7, 11) is 0. The van der Waals surface area contributed by atoms with Gasteiger partial charge in [-0.15, -0.1) is 0 Å². The molecule has 1 atom stereocenters. The lowest BCUT2D eigenvalue weighted by molar-refractivity contribution is 0.278. The summed E-state index contributed by atoms with van der Waals surface area (Å²) < 4.78 is 5.41. The van der Waals surface area contributed by atoms with E-state index < -0.39 is 0 Å². The Bertz CT molecular complexity index is 255. The number of rotatable bonds is 0. The summed E-state index contributed by atoms with van der Waals surface area (Å²) in [5.41, 5.74) is 1.14. The summed E-state index contributed by atoms with van der Waals surface area (Å²) in [5.74, 6) is 1.12. The minimum atomic E-state index is 0.167. The second kappa shape index (κ2) is 2.57. The van der Waals surface area contributed by atoms with Gasteiger partial charge in [0.05, 0.1) is 6.61 Å². The lowest BCUT2D eigenvalue weighted by atomic mass is 9.95. The van der Waals surface area contributed by atoms with Gasteiger partial charge in [-0.25, -0.2) is 0 Å². The molecule has 1 unspecified atom stereocenters. The zero-order chi connectivity index (χ0) is 7.68. The van der Waals surface area contributed by atoms with Gasteiger partial charge in [-0.2, -0.15) is 0 Å². The highest BCUT2D eigenvalue weighted by molar-refractivity contribution is 5.38. The van der Waals surface area contributed by atoms with E-state index in [0.29, 0.717) is 0 Å². The predicted octanol–water partition coefficient (Wildman–Crippen LogP) is 2.26. The molecule has 1 aromatic carbocycles. The summed E-state index contributed by atoms with van der Waals surface area (Å²) >= 11 is 0. The molecule has 1 aromatic rings. The molecular formula is C10H10O. The van der Waals surface area contributed by atoms with Crippen LogP contribution in [0.25, 0.3) is 0 Å². The van der Waals surface area contributed by atoms with Gasteiger partial charge in [0.15, 0.2) is 0 Å². The average molecular weight is 146 g/mol. The number of hydrogen-bond donors (Lipinski definition) is 0. The van der Waals surface area contributed by atoms with E-state index in [1.807, 2.05) is 24.3 Å². The number of ether oxygens (including phenoxy) is 1. The first kappa shape index (κ1) is 6.71. The Hall–Kier alpha value is -0.980. The molecule has 1 aliphatic rings. The summed E-state index contributed by atoms with van der Waals surface area (Å²) in [5, 5.41) is 0. The SMILES string of the molecule is [CH]C1CCOc2ccccc21. The molecule has 0 aromatic heterocycles. The third kappa shape index (κ3) is 1.11. The lowest BCUT2D eigenvalue weighted by Crippen LogP contribution is -2.11. The Balaban J connectivity index is 2.44. The van der Waals surface area contributed by atoms with Crippen LogP contribution in [0.3, 0.4) is 0 Å². The first-order valence-corrected chi connectivity index (χ1v) is 3.85. The van der Waals surface area contributed by atoms with Gasteiger partial charge in [0.2, 0.25) is 0 Å². The first-order valence-electron chi connectivity index (χ1n) is 3.85. The van der Waals surface area contributed by atoms with Crippen molar-refractivity contribution in [2.45, 2.75) is 12.3 Å². The highest BCUT2D eigenvalue weighted by Gasteiger charge is 2.15. The van der Waals surface area contributed by atoms with Gasteiger partial charge in [-0.05, 0) is 30.9 Å². The molecule has 1 nitrogen and oxygen atoms in total. The highest BCUT2D eigenvalue weighted by atomic mass is 16.5. The molecule has 0 saturated heterocycles. The minimum Gasteiger partial charge on any atom is -0.493 e. The van der Waals surface area contributed by atoms with Gasteiger partial charge in [0.25, 0.3) is 0 Å². The van der Waals surface area contributed by atoms with E-state index in [2.05, 4.69) is 0 Å². The van der Waals surface area contributed by atoms with Crippen molar-refractivity contribution in [2.24, 2.45) is 0 Å². The van der Waals surface area contributed by atoms with Gasteiger partial charge in [0, 0.05) is 0 Å². The van der Waals surface area contributed by atoms with E-state index in [4.69, 9.17) is 11.7 Å². The van der Waals surface area contributed by atoms with Crippen LogP contribution in [0.15, 0.2) is 24.3 Å². The molecule has 0 bridgehead atoms. The largest absolute Gasteiger partial charge is 0.493 e. The molecule has 56 valence electrons. The Morgan fingerprint density at radius 2 is 2.18 bits per heavy atom. The fraction of sp³-hybridized carbons (Fsp3) is 0.300. The quantitative estimate of drug-likeness (QED) is 0.545. The van der Waals surface area contributed by atoms with Crippen LogP contribution < -0.4 is 4.74 Å². The number of benzene rings is 1. The fourth-order valence-corrected chi connectivity index (χ4v) is 1.37. The van der Waals surface area contributed by atoms with E-state index in [-0.39, 0.29) is 5.92 Å². The van der Waals surface area contributed by atoms with Crippen molar-refractivity contribution in [2.75, 3.05) is 6.61 Å². The lowest BCUT2D eigenvalue weighted by Gasteiger charge is -2.22. The van der Waals surface area contributed by atoms with Crippen LogP contribution in [0.1, 0.15) is 17.9 Å². The van der Waals surface area contributed by atoms with Gasteiger partial charge in [-0.3, -0.25) is 0 Å². The number of fused-ring (bicyclic) bond motifs is 1. The van der Waals surface area contributed by atoms with Crippen molar-refractivity contribution in [3.05, 3.63) is 36.8 Å². The van der Waals surface area contributed by atoms with Crippen LogP contribution in [0, 0.1) is 6.92 Å². The van der Waals surface area contributed by atoms with Crippen LogP contribution in [-0.4, -0.2) is 6.61 Å². The maximum absolute atomic E-state index is 5.87. The average Bonchev–Trinajstić information content (AvgIpc) is 2.06. The molecule has 1 heteroatoms. The molecule has 2 radical (unpaired) electrons. The smallest absolute Gasteiger partial charge is 0.122 e. The normalized spacial score (nSPS) is 22.1. The van der Waals surface area contributed by atoms with E-state index in [1.54, 1.807) is 0 Å². The molecule has 2 rings (SSSR count). The summed E-state index contributed by atoms with van der Waals surface area (Å²) in [6, 6.07) is 7.96. The van der Waals surface area contributed by atoms with Crippen molar-refractivity contribution in [1.82, 2.24) is 0 Å². The molecule has 11 heavy (non-hydrogen) atoms. The van der Waals surface area contributed by atoms with Crippen molar-refractivity contribution in [3.8, 4) is 5.75 Å². The monoisotopic (exact) mass is 146 g/mol. The Labute approximate surface area is 67.0 Å². The first-order chi connectivity index (χ1) is 5.38. The Morgan fingerprint density at radius 1 is 1.36 bits per heavy atom. The van der Waals surface area contributed by atoms with E-state index in [0.717, 1.165) is 24.3 Å². The fourth-order valence-electron chi connectivity index (χ4n) is 1.37. The van der Waals surface area contributed by atoms with Gasteiger partial charge >= 0.3 is 0 Å². The molecule has 0 amide bonds. The van der Waals surface area contributed by atoms with Crippen molar-refractivity contribution < 1.29 is 4.74 Å². The summed E-state index contributed by atoms with van der Waals surface area (Å²) in [6.45, 7) is 6.61. The third-order valence-electron chi connectivity index (χ3n) is 2.00. The zero-order valence-electron chi connectivity index (χ0n) is 6.29. The van der Waals surface area contributed by atoms with E-state index in [1.165, 1.54) is 0 Å². The van der Waals surface area contributed by atoms with Crippen LogP contribution in [0.4, 0.5) is 0 Å². The minimum absolute atomic E-state index is 0.167.